The summed E-state index contributed by atoms with van der Waals surface area (Å²) in [5.74, 6) is 0.866. The quantitative estimate of drug-likeness (QED) is 0.378. The topological polar surface area (TPSA) is 48.9 Å². The van der Waals surface area contributed by atoms with Crippen molar-refractivity contribution in [3.8, 4) is 0 Å². The maximum Gasteiger partial charge on any atom is 0.191 e. The first-order valence-electron chi connectivity index (χ1n) is 9.25. The van der Waals surface area contributed by atoms with Gasteiger partial charge in [0, 0.05) is 38.8 Å². The van der Waals surface area contributed by atoms with Gasteiger partial charge in [-0.05, 0) is 39.7 Å². The lowest BCUT2D eigenvalue weighted by Crippen LogP contribution is -2.56. The molecule has 2 N–H and O–H groups in total. The predicted octanol–water partition coefficient (Wildman–Crippen LogP) is 2.74. The molecule has 0 spiro atoms. The lowest BCUT2D eigenvalue weighted by atomic mass is 10.0. The third-order valence-electron chi connectivity index (χ3n) is 4.77. The van der Waals surface area contributed by atoms with E-state index >= 15 is 0 Å². The number of halogens is 1. The van der Waals surface area contributed by atoms with Gasteiger partial charge in [-0.3, -0.25) is 9.89 Å². The van der Waals surface area contributed by atoms with Crippen LogP contribution in [0.15, 0.2) is 23.2 Å². The van der Waals surface area contributed by atoms with Crippen LogP contribution in [0.2, 0.25) is 0 Å². The molecule has 1 heterocycles. The Hall–Kier alpha value is -0.860. The van der Waals surface area contributed by atoms with Crippen molar-refractivity contribution in [2.24, 2.45) is 4.99 Å². The molecule has 1 aliphatic rings. The van der Waals surface area contributed by atoms with Gasteiger partial charge in [-0.15, -0.1) is 24.0 Å². The molecular weight excluding hydrogens is 439 g/mol. The summed E-state index contributed by atoms with van der Waals surface area (Å²) in [5.41, 5.74) is 4.10. The average Bonchev–Trinajstić information content (AvgIpc) is 2.58. The van der Waals surface area contributed by atoms with Crippen molar-refractivity contribution in [1.29, 1.82) is 0 Å². The van der Waals surface area contributed by atoms with Crippen LogP contribution >= 0.6 is 24.0 Å². The molecule has 1 aromatic carbocycles. The second-order valence-corrected chi connectivity index (χ2v) is 7.51. The zero-order valence-corrected chi connectivity index (χ0v) is 19.2. The normalized spacial score (nSPS) is 16.1. The lowest BCUT2D eigenvalue weighted by Gasteiger charge is -2.41. The van der Waals surface area contributed by atoms with Crippen LogP contribution in [-0.2, 0) is 11.2 Å². The van der Waals surface area contributed by atoms with Gasteiger partial charge < -0.3 is 15.4 Å². The standard InChI is InChI=1S/C20H34N4O.HI/c1-16-12-17(2)14-18(13-16)6-7-22-19(21-5)23-15-20(3,4)24-8-10-25-11-9-24;/h12-14H,6-11,15H2,1-5H3,(H2,21,22,23);1H. The molecule has 0 amide bonds. The zero-order valence-electron chi connectivity index (χ0n) is 16.9. The number of hydrogen-bond donors (Lipinski definition) is 2. The summed E-state index contributed by atoms with van der Waals surface area (Å²) in [5, 5.41) is 6.90. The minimum Gasteiger partial charge on any atom is -0.379 e. The summed E-state index contributed by atoms with van der Waals surface area (Å²) in [6, 6.07) is 6.73. The molecular formula is C20H35IN4O. The summed E-state index contributed by atoms with van der Waals surface area (Å²) in [4.78, 5) is 6.83. The van der Waals surface area contributed by atoms with Crippen molar-refractivity contribution < 1.29 is 4.74 Å². The van der Waals surface area contributed by atoms with Crippen LogP contribution in [0.3, 0.4) is 0 Å². The van der Waals surface area contributed by atoms with Crippen LogP contribution in [-0.4, -0.2) is 62.8 Å². The number of guanidine groups is 1. The highest BCUT2D eigenvalue weighted by Gasteiger charge is 2.28. The summed E-state index contributed by atoms with van der Waals surface area (Å²) >= 11 is 0. The van der Waals surface area contributed by atoms with Crippen LogP contribution in [0.25, 0.3) is 0 Å². The minimum atomic E-state index is 0. The molecule has 1 saturated heterocycles. The molecule has 0 aromatic heterocycles. The van der Waals surface area contributed by atoms with Gasteiger partial charge in [0.25, 0.3) is 0 Å². The average molecular weight is 474 g/mol. The molecule has 0 unspecified atom stereocenters. The second kappa shape index (κ2) is 11.1. The van der Waals surface area contributed by atoms with Crippen molar-refractivity contribution in [1.82, 2.24) is 15.5 Å². The maximum absolute atomic E-state index is 5.46. The van der Waals surface area contributed by atoms with E-state index in [0.717, 1.165) is 51.8 Å². The van der Waals surface area contributed by atoms with Crippen molar-refractivity contribution in [2.45, 2.75) is 39.7 Å². The van der Waals surface area contributed by atoms with E-state index < -0.39 is 0 Å². The molecule has 0 radical (unpaired) electrons. The number of morpholine rings is 1. The van der Waals surface area contributed by atoms with Gasteiger partial charge in [-0.1, -0.05) is 29.3 Å². The Morgan fingerprint density at radius 2 is 1.73 bits per heavy atom. The van der Waals surface area contributed by atoms with Crippen LogP contribution in [0, 0.1) is 13.8 Å². The van der Waals surface area contributed by atoms with E-state index in [2.05, 4.69) is 66.4 Å². The van der Waals surface area contributed by atoms with E-state index in [4.69, 9.17) is 4.74 Å². The monoisotopic (exact) mass is 474 g/mol. The molecule has 0 bridgehead atoms. The number of nitrogens with one attached hydrogen (secondary N) is 2. The second-order valence-electron chi connectivity index (χ2n) is 7.51. The Morgan fingerprint density at radius 1 is 1.12 bits per heavy atom. The third kappa shape index (κ3) is 7.40. The van der Waals surface area contributed by atoms with Crippen LogP contribution < -0.4 is 10.6 Å². The van der Waals surface area contributed by atoms with E-state index in [1.165, 1.54) is 16.7 Å². The van der Waals surface area contributed by atoms with Gasteiger partial charge in [0.05, 0.1) is 13.2 Å². The predicted molar refractivity (Wildman–Crippen MR) is 121 cm³/mol. The third-order valence-corrected chi connectivity index (χ3v) is 4.77. The molecule has 1 aromatic rings. The Kier molecular flexibility index (Phi) is 9.89. The van der Waals surface area contributed by atoms with Gasteiger partial charge in [-0.25, -0.2) is 0 Å². The number of aryl methyl sites for hydroxylation is 2. The highest BCUT2D eigenvalue weighted by atomic mass is 127. The Labute approximate surface area is 176 Å². The van der Waals surface area contributed by atoms with Crippen molar-refractivity contribution >= 4 is 29.9 Å². The van der Waals surface area contributed by atoms with Crippen LogP contribution in [0.4, 0.5) is 0 Å². The smallest absolute Gasteiger partial charge is 0.191 e. The molecule has 148 valence electrons. The van der Waals surface area contributed by atoms with E-state index in [9.17, 15) is 0 Å². The van der Waals surface area contributed by atoms with Gasteiger partial charge in [-0.2, -0.15) is 0 Å². The fourth-order valence-electron chi connectivity index (χ4n) is 3.34. The number of hydrogen-bond acceptors (Lipinski definition) is 3. The van der Waals surface area contributed by atoms with Crippen LogP contribution in [0.5, 0.6) is 0 Å². The lowest BCUT2D eigenvalue weighted by molar-refractivity contribution is -0.00833. The summed E-state index contributed by atoms with van der Waals surface area (Å²) in [6.45, 7) is 14.2. The molecule has 0 saturated carbocycles. The largest absolute Gasteiger partial charge is 0.379 e. The molecule has 0 aliphatic carbocycles. The Balaban J connectivity index is 0.00000338. The SMILES string of the molecule is CN=C(NCCc1cc(C)cc(C)c1)NCC(C)(C)N1CCOCC1.I. The van der Waals surface area contributed by atoms with Gasteiger partial charge in [0.1, 0.15) is 0 Å². The number of ether oxygens (including phenoxy) is 1. The van der Waals surface area contributed by atoms with Crippen molar-refractivity contribution in [2.75, 3.05) is 46.4 Å². The minimum absolute atomic E-state index is 0. The van der Waals surface area contributed by atoms with Crippen molar-refractivity contribution in [3.05, 3.63) is 34.9 Å². The van der Waals surface area contributed by atoms with Crippen molar-refractivity contribution in [3.63, 3.8) is 0 Å². The molecule has 2 rings (SSSR count). The fourth-order valence-corrected chi connectivity index (χ4v) is 3.34. The van der Waals surface area contributed by atoms with Gasteiger partial charge >= 0.3 is 0 Å². The molecule has 1 aliphatic heterocycles. The molecule has 1 fully saturated rings. The summed E-state index contributed by atoms with van der Waals surface area (Å²) < 4.78 is 5.46. The van der Waals surface area contributed by atoms with E-state index in [1.807, 2.05) is 7.05 Å². The zero-order chi connectivity index (χ0) is 18.3. The number of aliphatic imine (C=N–C) groups is 1. The van der Waals surface area contributed by atoms with Crippen LogP contribution in [0.1, 0.15) is 30.5 Å². The molecule has 0 atom stereocenters. The Morgan fingerprint density at radius 3 is 2.31 bits per heavy atom. The van der Waals surface area contributed by atoms with E-state index in [-0.39, 0.29) is 29.5 Å². The fraction of sp³-hybridized carbons (Fsp3) is 0.650. The first kappa shape index (κ1) is 23.2. The first-order chi connectivity index (χ1) is 11.9. The number of benzene rings is 1. The summed E-state index contributed by atoms with van der Waals surface area (Å²) in [6.07, 6.45) is 0.996. The Bertz CT molecular complexity index is 563. The summed E-state index contributed by atoms with van der Waals surface area (Å²) in [7, 11) is 1.83. The maximum atomic E-state index is 5.46. The highest BCUT2D eigenvalue weighted by molar-refractivity contribution is 14.0. The molecule has 5 nitrogen and oxygen atoms in total. The molecule has 6 heteroatoms. The van der Waals surface area contributed by atoms with Gasteiger partial charge in [0.15, 0.2) is 5.96 Å². The number of rotatable bonds is 6. The number of nitrogens with zero attached hydrogens (tertiary/aromatic N) is 2. The van der Waals surface area contributed by atoms with Gasteiger partial charge in [0.2, 0.25) is 0 Å². The van der Waals surface area contributed by atoms with E-state index in [0.29, 0.717) is 0 Å². The van der Waals surface area contributed by atoms with E-state index in [1.54, 1.807) is 0 Å². The first-order valence-corrected chi connectivity index (χ1v) is 9.25. The highest BCUT2D eigenvalue weighted by Crippen LogP contribution is 2.15. The molecule has 26 heavy (non-hydrogen) atoms.